The normalized spacial score (nSPS) is 10.6. The molecule has 0 aliphatic rings. The second-order valence-electron chi connectivity index (χ2n) is 3.80. The molecule has 0 spiro atoms. The first kappa shape index (κ1) is 13.1. The van der Waals surface area contributed by atoms with Crippen LogP contribution in [0.15, 0.2) is 18.3 Å². The van der Waals surface area contributed by atoms with Crippen molar-refractivity contribution >= 4 is 28.4 Å². The SMILES string of the molecule is CCCc1nc(-c2ccc(F)cn2)nc(N)c1I. The van der Waals surface area contributed by atoms with Crippen molar-refractivity contribution in [3.8, 4) is 11.5 Å². The van der Waals surface area contributed by atoms with Crippen LogP contribution in [0.3, 0.4) is 0 Å². The summed E-state index contributed by atoms with van der Waals surface area (Å²) in [6.07, 6.45) is 2.95. The van der Waals surface area contributed by atoms with Crippen molar-refractivity contribution in [1.29, 1.82) is 0 Å². The zero-order valence-electron chi connectivity index (χ0n) is 9.82. The Morgan fingerprint density at radius 2 is 2.11 bits per heavy atom. The third-order valence-corrected chi connectivity index (χ3v) is 3.56. The number of nitrogen functional groups attached to an aromatic ring is 1. The largest absolute Gasteiger partial charge is 0.383 e. The molecule has 6 heteroatoms. The molecule has 2 aromatic heterocycles. The third kappa shape index (κ3) is 2.74. The number of hydrogen-bond donors (Lipinski definition) is 1. The number of rotatable bonds is 3. The van der Waals surface area contributed by atoms with Crippen molar-refractivity contribution in [2.75, 3.05) is 5.73 Å². The lowest BCUT2D eigenvalue weighted by Gasteiger charge is -2.07. The van der Waals surface area contributed by atoms with Crippen LogP contribution in [0.4, 0.5) is 10.2 Å². The maximum Gasteiger partial charge on any atom is 0.180 e. The van der Waals surface area contributed by atoms with Crippen LogP contribution in [-0.2, 0) is 6.42 Å². The van der Waals surface area contributed by atoms with Crippen molar-refractivity contribution in [1.82, 2.24) is 15.0 Å². The van der Waals surface area contributed by atoms with Gasteiger partial charge >= 0.3 is 0 Å². The summed E-state index contributed by atoms with van der Waals surface area (Å²) in [7, 11) is 0. The lowest BCUT2D eigenvalue weighted by atomic mass is 10.2. The van der Waals surface area contributed by atoms with Gasteiger partial charge in [-0.1, -0.05) is 13.3 Å². The van der Waals surface area contributed by atoms with E-state index in [9.17, 15) is 4.39 Å². The molecule has 0 unspecified atom stereocenters. The van der Waals surface area contributed by atoms with Gasteiger partial charge in [0.15, 0.2) is 5.82 Å². The summed E-state index contributed by atoms with van der Waals surface area (Å²) in [6.45, 7) is 2.07. The Kier molecular flexibility index (Phi) is 4.05. The second-order valence-corrected chi connectivity index (χ2v) is 4.88. The zero-order valence-corrected chi connectivity index (χ0v) is 12.0. The molecule has 2 aromatic rings. The maximum atomic E-state index is 12.8. The Bertz CT molecular complexity index is 557. The molecule has 0 saturated heterocycles. The van der Waals surface area contributed by atoms with Crippen LogP contribution in [0.5, 0.6) is 0 Å². The molecule has 94 valence electrons. The number of nitrogens with zero attached hydrogens (tertiary/aromatic N) is 3. The zero-order chi connectivity index (χ0) is 13.1. The molecule has 0 fully saturated rings. The molecular formula is C12H12FIN4. The topological polar surface area (TPSA) is 64.7 Å². The fourth-order valence-corrected chi connectivity index (χ4v) is 2.05. The fourth-order valence-electron chi connectivity index (χ4n) is 1.54. The van der Waals surface area contributed by atoms with Crippen LogP contribution in [0.2, 0.25) is 0 Å². The van der Waals surface area contributed by atoms with E-state index >= 15 is 0 Å². The molecule has 0 radical (unpaired) electrons. The minimum Gasteiger partial charge on any atom is -0.383 e. The summed E-state index contributed by atoms with van der Waals surface area (Å²) in [6, 6.07) is 2.88. The van der Waals surface area contributed by atoms with Gasteiger partial charge in [-0.25, -0.2) is 19.3 Å². The lowest BCUT2D eigenvalue weighted by molar-refractivity contribution is 0.621. The molecule has 0 aromatic carbocycles. The predicted molar refractivity (Wildman–Crippen MR) is 76.3 cm³/mol. The van der Waals surface area contributed by atoms with Crippen molar-refractivity contribution in [2.45, 2.75) is 19.8 Å². The van der Waals surface area contributed by atoms with E-state index in [1.165, 1.54) is 6.07 Å². The summed E-state index contributed by atoms with van der Waals surface area (Å²) in [4.78, 5) is 12.6. The third-order valence-electron chi connectivity index (χ3n) is 2.39. The Morgan fingerprint density at radius 1 is 1.33 bits per heavy atom. The standard InChI is InChI=1S/C12H12FIN4/c1-2-3-8-10(14)11(15)18-12(17-8)9-5-4-7(13)6-16-9/h4-6H,2-3H2,1H3,(H2,15,17,18). The van der Waals surface area contributed by atoms with Crippen LogP contribution in [0, 0.1) is 9.39 Å². The van der Waals surface area contributed by atoms with Crippen molar-refractivity contribution < 1.29 is 4.39 Å². The van der Waals surface area contributed by atoms with Gasteiger partial charge in [-0.3, -0.25) is 0 Å². The summed E-state index contributed by atoms with van der Waals surface area (Å²) in [5, 5.41) is 0. The monoisotopic (exact) mass is 358 g/mol. The van der Waals surface area contributed by atoms with E-state index in [2.05, 4.69) is 44.5 Å². The van der Waals surface area contributed by atoms with Crippen LogP contribution >= 0.6 is 22.6 Å². The quantitative estimate of drug-likeness (QED) is 0.857. The number of aromatic nitrogens is 3. The van der Waals surface area contributed by atoms with Crippen molar-refractivity contribution in [3.05, 3.63) is 33.4 Å². The van der Waals surface area contributed by atoms with Gasteiger partial charge < -0.3 is 5.73 Å². The van der Waals surface area contributed by atoms with Gasteiger partial charge in [0.25, 0.3) is 0 Å². The average Bonchev–Trinajstić information content (AvgIpc) is 2.36. The Morgan fingerprint density at radius 3 is 2.72 bits per heavy atom. The number of halogens is 2. The minimum absolute atomic E-state index is 0.383. The maximum absolute atomic E-state index is 12.8. The lowest BCUT2D eigenvalue weighted by Crippen LogP contribution is -2.05. The highest BCUT2D eigenvalue weighted by Crippen LogP contribution is 2.22. The van der Waals surface area contributed by atoms with Gasteiger partial charge in [0.1, 0.15) is 17.3 Å². The average molecular weight is 358 g/mol. The molecule has 0 aliphatic heterocycles. The van der Waals surface area contributed by atoms with E-state index in [4.69, 9.17) is 5.73 Å². The fraction of sp³-hybridized carbons (Fsp3) is 0.250. The molecule has 2 N–H and O–H groups in total. The summed E-state index contributed by atoms with van der Waals surface area (Å²) < 4.78 is 13.7. The first-order valence-corrected chi connectivity index (χ1v) is 6.63. The van der Waals surface area contributed by atoms with Gasteiger partial charge in [0.2, 0.25) is 0 Å². The predicted octanol–water partition coefficient (Wildman–Crippen LogP) is 2.82. The molecule has 0 atom stereocenters. The summed E-state index contributed by atoms with van der Waals surface area (Å²) >= 11 is 2.14. The molecule has 0 aliphatic carbocycles. The Labute approximate surface area is 118 Å². The highest BCUT2D eigenvalue weighted by molar-refractivity contribution is 14.1. The minimum atomic E-state index is -0.383. The van der Waals surface area contributed by atoms with E-state index in [-0.39, 0.29) is 5.82 Å². The van der Waals surface area contributed by atoms with E-state index < -0.39 is 0 Å². The van der Waals surface area contributed by atoms with Gasteiger partial charge in [0.05, 0.1) is 15.5 Å². The number of pyridine rings is 1. The van der Waals surface area contributed by atoms with Crippen LogP contribution < -0.4 is 5.73 Å². The van der Waals surface area contributed by atoms with Gasteiger partial charge in [-0.15, -0.1) is 0 Å². The first-order chi connectivity index (χ1) is 8.61. The highest BCUT2D eigenvalue weighted by Gasteiger charge is 2.11. The van der Waals surface area contributed by atoms with Crippen molar-refractivity contribution in [2.24, 2.45) is 0 Å². The number of hydrogen-bond acceptors (Lipinski definition) is 4. The summed E-state index contributed by atoms with van der Waals surface area (Å²) in [5.41, 5.74) is 7.29. The van der Waals surface area contributed by atoms with E-state index in [1.807, 2.05) is 0 Å². The smallest absolute Gasteiger partial charge is 0.180 e. The van der Waals surface area contributed by atoms with Crippen LogP contribution in [-0.4, -0.2) is 15.0 Å². The number of aryl methyl sites for hydroxylation is 1. The number of anilines is 1. The van der Waals surface area contributed by atoms with Gasteiger partial charge in [-0.2, -0.15) is 0 Å². The molecule has 4 nitrogen and oxygen atoms in total. The molecule has 2 heterocycles. The van der Waals surface area contributed by atoms with Crippen molar-refractivity contribution in [3.63, 3.8) is 0 Å². The van der Waals surface area contributed by atoms with Crippen LogP contribution in [0.25, 0.3) is 11.5 Å². The van der Waals surface area contributed by atoms with Gasteiger partial charge in [-0.05, 0) is 41.1 Å². The van der Waals surface area contributed by atoms with E-state index in [0.29, 0.717) is 17.3 Å². The molecular weight excluding hydrogens is 346 g/mol. The Balaban J connectivity index is 2.48. The van der Waals surface area contributed by atoms with E-state index in [0.717, 1.165) is 28.3 Å². The molecule has 0 amide bonds. The molecule has 0 bridgehead atoms. The highest BCUT2D eigenvalue weighted by atomic mass is 127. The van der Waals surface area contributed by atoms with Gasteiger partial charge in [0, 0.05) is 0 Å². The second kappa shape index (κ2) is 5.55. The molecule has 2 rings (SSSR count). The molecule has 0 saturated carbocycles. The van der Waals surface area contributed by atoms with Crippen LogP contribution in [0.1, 0.15) is 19.0 Å². The van der Waals surface area contributed by atoms with E-state index in [1.54, 1.807) is 6.07 Å². The number of nitrogens with two attached hydrogens (primary N) is 1. The summed E-state index contributed by atoms with van der Waals surface area (Å²) in [5.74, 6) is 0.498. The Hall–Kier alpha value is -1.31. The first-order valence-electron chi connectivity index (χ1n) is 5.55. The molecule has 18 heavy (non-hydrogen) atoms.